The highest BCUT2D eigenvalue weighted by molar-refractivity contribution is 7.92. The molecule has 0 saturated carbocycles. The molecule has 4 aromatic rings. The second kappa shape index (κ2) is 10.7. The van der Waals surface area contributed by atoms with Crippen LogP contribution in [0.2, 0.25) is 0 Å². The highest BCUT2D eigenvalue weighted by Gasteiger charge is 2.22. The van der Waals surface area contributed by atoms with Crippen molar-refractivity contribution in [3.05, 3.63) is 125 Å². The molecule has 7 heteroatoms. The minimum absolute atomic E-state index is 0.141. The molecule has 0 N–H and O–H groups in total. The summed E-state index contributed by atoms with van der Waals surface area (Å²) in [5.74, 6) is -0.141. The summed E-state index contributed by atoms with van der Waals surface area (Å²) in [4.78, 5) is 19.7. The van der Waals surface area contributed by atoms with E-state index in [0.29, 0.717) is 24.3 Å². The van der Waals surface area contributed by atoms with Crippen LogP contribution in [0.1, 0.15) is 32.6 Å². The molecule has 1 heterocycles. The zero-order valence-corrected chi connectivity index (χ0v) is 21.4. The third kappa shape index (κ3) is 5.63. The number of pyridine rings is 1. The van der Waals surface area contributed by atoms with Crippen LogP contribution in [0.25, 0.3) is 0 Å². The van der Waals surface area contributed by atoms with E-state index < -0.39 is 10.0 Å². The fraction of sp³-hybridized carbons (Fsp3) is 0.172. The Kier molecular flexibility index (Phi) is 7.50. The van der Waals surface area contributed by atoms with Gasteiger partial charge in [0.15, 0.2) is 0 Å². The molecule has 3 aromatic carbocycles. The molecule has 0 fully saturated rings. The van der Waals surface area contributed by atoms with Gasteiger partial charge in [0.1, 0.15) is 0 Å². The maximum atomic E-state index is 13.6. The van der Waals surface area contributed by atoms with Crippen LogP contribution >= 0.6 is 0 Å². The Balaban J connectivity index is 1.58. The number of anilines is 1. The van der Waals surface area contributed by atoms with Crippen molar-refractivity contribution in [2.45, 2.75) is 31.8 Å². The van der Waals surface area contributed by atoms with E-state index in [0.717, 1.165) is 22.3 Å². The van der Waals surface area contributed by atoms with Crippen molar-refractivity contribution >= 4 is 21.6 Å². The number of carbonyl (C=O) groups excluding carboxylic acids is 1. The summed E-state index contributed by atoms with van der Waals surface area (Å²) in [5, 5.41) is 0. The average Bonchev–Trinajstić information content (AvgIpc) is 2.89. The Morgan fingerprint density at radius 1 is 0.833 bits per heavy atom. The van der Waals surface area contributed by atoms with Crippen LogP contribution in [0, 0.1) is 13.8 Å². The molecule has 0 radical (unpaired) electrons. The Bertz CT molecular complexity index is 1440. The molecule has 0 atom stereocenters. The van der Waals surface area contributed by atoms with E-state index in [1.165, 1.54) is 11.4 Å². The van der Waals surface area contributed by atoms with Gasteiger partial charge in [-0.25, -0.2) is 8.42 Å². The van der Waals surface area contributed by atoms with Gasteiger partial charge in [0, 0.05) is 38.1 Å². The number of nitrogens with zero attached hydrogens (tertiary/aromatic N) is 3. The summed E-state index contributed by atoms with van der Waals surface area (Å²) >= 11 is 0. The van der Waals surface area contributed by atoms with Crippen LogP contribution in [-0.2, 0) is 23.1 Å². The zero-order valence-electron chi connectivity index (χ0n) is 20.6. The first-order valence-corrected chi connectivity index (χ1v) is 13.1. The fourth-order valence-electron chi connectivity index (χ4n) is 3.91. The second-order valence-corrected chi connectivity index (χ2v) is 10.8. The number of rotatable bonds is 8. The molecule has 0 saturated heterocycles. The molecule has 1 amide bonds. The van der Waals surface area contributed by atoms with E-state index in [-0.39, 0.29) is 10.8 Å². The lowest BCUT2D eigenvalue weighted by Crippen LogP contribution is -2.30. The number of hydrogen-bond donors (Lipinski definition) is 0. The minimum Gasteiger partial charge on any atom is -0.330 e. The number of amides is 1. The number of benzene rings is 3. The molecule has 0 unspecified atom stereocenters. The molecule has 36 heavy (non-hydrogen) atoms. The fourth-order valence-corrected chi connectivity index (χ4v) is 5.10. The number of aryl methyl sites for hydroxylation is 2. The molecular formula is C29H29N3O3S. The third-order valence-electron chi connectivity index (χ3n) is 6.16. The maximum absolute atomic E-state index is 13.6. The van der Waals surface area contributed by atoms with Crippen LogP contribution < -0.4 is 4.31 Å². The van der Waals surface area contributed by atoms with Gasteiger partial charge in [-0.3, -0.25) is 14.1 Å². The Morgan fingerprint density at radius 3 is 2.17 bits per heavy atom. The largest absolute Gasteiger partial charge is 0.330 e. The van der Waals surface area contributed by atoms with Crippen molar-refractivity contribution in [1.29, 1.82) is 0 Å². The molecule has 0 aliphatic heterocycles. The molecule has 0 bridgehead atoms. The van der Waals surface area contributed by atoms with Crippen molar-refractivity contribution < 1.29 is 13.2 Å². The average molecular weight is 500 g/mol. The molecule has 4 rings (SSSR count). The summed E-state index contributed by atoms with van der Waals surface area (Å²) in [5.41, 5.74) is 5.05. The summed E-state index contributed by atoms with van der Waals surface area (Å²) in [6.45, 7) is 4.79. The van der Waals surface area contributed by atoms with Gasteiger partial charge in [-0.15, -0.1) is 0 Å². The zero-order chi connectivity index (χ0) is 25.7. The third-order valence-corrected chi connectivity index (χ3v) is 7.96. The molecule has 0 aliphatic carbocycles. The summed E-state index contributed by atoms with van der Waals surface area (Å²) in [7, 11) is -2.20. The first-order valence-electron chi connectivity index (χ1n) is 11.6. The lowest BCUT2D eigenvalue weighted by Gasteiger charge is -2.24. The van der Waals surface area contributed by atoms with Gasteiger partial charge in [-0.1, -0.05) is 48.0 Å². The molecule has 184 valence electrons. The highest BCUT2D eigenvalue weighted by atomic mass is 32.2. The topological polar surface area (TPSA) is 70.6 Å². The molecule has 1 aromatic heterocycles. The van der Waals surface area contributed by atoms with Gasteiger partial charge in [0.05, 0.1) is 10.6 Å². The number of sulfonamides is 1. The smallest absolute Gasteiger partial charge is 0.264 e. The summed E-state index contributed by atoms with van der Waals surface area (Å²) in [6, 6.07) is 25.2. The van der Waals surface area contributed by atoms with Gasteiger partial charge < -0.3 is 4.90 Å². The first kappa shape index (κ1) is 25.1. The van der Waals surface area contributed by atoms with Crippen molar-refractivity contribution in [3.63, 3.8) is 0 Å². The van der Waals surface area contributed by atoms with Gasteiger partial charge in [0.2, 0.25) is 0 Å². The van der Waals surface area contributed by atoms with Crippen LogP contribution in [0.3, 0.4) is 0 Å². The van der Waals surface area contributed by atoms with E-state index >= 15 is 0 Å². The van der Waals surface area contributed by atoms with Gasteiger partial charge in [0.25, 0.3) is 15.9 Å². The molecular weight excluding hydrogens is 470 g/mol. The van der Waals surface area contributed by atoms with Crippen LogP contribution in [0.4, 0.5) is 5.69 Å². The normalized spacial score (nSPS) is 11.2. The van der Waals surface area contributed by atoms with E-state index in [4.69, 9.17) is 0 Å². The van der Waals surface area contributed by atoms with Gasteiger partial charge >= 0.3 is 0 Å². The predicted octanol–water partition coefficient (Wildman–Crippen LogP) is 5.37. The predicted molar refractivity (Wildman–Crippen MR) is 142 cm³/mol. The van der Waals surface area contributed by atoms with Gasteiger partial charge in [-0.2, -0.15) is 0 Å². The highest BCUT2D eigenvalue weighted by Crippen LogP contribution is 2.24. The molecule has 0 aliphatic rings. The number of aromatic nitrogens is 1. The molecule has 6 nitrogen and oxygen atoms in total. The number of hydrogen-bond acceptors (Lipinski definition) is 4. The van der Waals surface area contributed by atoms with Crippen molar-refractivity contribution in [3.8, 4) is 0 Å². The lowest BCUT2D eigenvalue weighted by molar-refractivity contribution is 0.0729. The van der Waals surface area contributed by atoms with Crippen LogP contribution in [0.15, 0.2) is 102 Å². The lowest BCUT2D eigenvalue weighted by atomic mass is 10.1. The van der Waals surface area contributed by atoms with Crippen LogP contribution in [0.5, 0.6) is 0 Å². The van der Waals surface area contributed by atoms with Crippen molar-refractivity contribution in [2.75, 3.05) is 11.4 Å². The maximum Gasteiger partial charge on any atom is 0.264 e. The quantitative estimate of drug-likeness (QED) is 0.327. The van der Waals surface area contributed by atoms with Crippen LogP contribution in [-0.4, -0.2) is 31.3 Å². The van der Waals surface area contributed by atoms with E-state index in [2.05, 4.69) is 4.98 Å². The molecule has 0 spiro atoms. The Hall–Kier alpha value is -3.97. The van der Waals surface area contributed by atoms with E-state index in [9.17, 15) is 13.2 Å². The second-order valence-electron chi connectivity index (χ2n) is 8.78. The monoisotopic (exact) mass is 499 g/mol. The Morgan fingerprint density at radius 2 is 1.53 bits per heavy atom. The van der Waals surface area contributed by atoms with Crippen molar-refractivity contribution in [2.24, 2.45) is 0 Å². The minimum atomic E-state index is -3.71. The SMILES string of the molecule is Cc1ccc(S(=O)(=O)N(C)c2ccc(C(=O)N(Cc3cccnc3)Cc3ccccc3C)cc2)cc1. The van der Waals surface area contributed by atoms with Crippen molar-refractivity contribution in [1.82, 2.24) is 9.88 Å². The van der Waals surface area contributed by atoms with Gasteiger partial charge in [-0.05, 0) is 73.0 Å². The van der Waals surface area contributed by atoms with E-state index in [1.807, 2.05) is 50.2 Å². The number of carbonyl (C=O) groups is 1. The summed E-state index contributed by atoms with van der Waals surface area (Å²) < 4.78 is 27.3. The Labute approximate surface area is 212 Å². The first-order chi connectivity index (χ1) is 17.3. The summed E-state index contributed by atoms with van der Waals surface area (Å²) in [6.07, 6.45) is 3.46. The standard InChI is InChI=1S/C29H29N3O3S/c1-22-10-16-28(17-11-22)36(34,35)31(3)27-14-12-25(13-15-27)29(33)32(20-24-8-6-18-30-19-24)21-26-9-5-4-7-23(26)2/h4-19H,20-21H2,1-3H3. The van der Waals surface area contributed by atoms with E-state index in [1.54, 1.807) is 65.8 Å².